The standard InChI is InChI=1S/C18H18ClN3O3S/c19-14-4-1-3-13(11-14)17(24)20-12-16(23)21-6-8-22(9-7-21)18(25)15-5-2-10-26-15/h1-5,10-11H,6-9,12H2,(H,20,24). The van der Waals surface area contributed by atoms with Crippen LogP contribution >= 0.6 is 22.9 Å². The lowest BCUT2D eigenvalue weighted by molar-refractivity contribution is -0.131. The van der Waals surface area contributed by atoms with Gasteiger partial charge in [-0.1, -0.05) is 23.7 Å². The Labute approximate surface area is 160 Å². The van der Waals surface area contributed by atoms with Crippen molar-refractivity contribution in [1.82, 2.24) is 15.1 Å². The molecule has 26 heavy (non-hydrogen) atoms. The van der Waals surface area contributed by atoms with Crippen LogP contribution in [0.25, 0.3) is 0 Å². The molecule has 0 atom stereocenters. The molecule has 0 spiro atoms. The van der Waals surface area contributed by atoms with Crippen LogP contribution in [0.3, 0.4) is 0 Å². The van der Waals surface area contributed by atoms with E-state index < -0.39 is 0 Å². The predicted octanol–water partition coefficient (Wildman–Crippen LogP) is 2.12. The van der Waals surface area contributed by atoms with Crippen molar-refractivity contribution in [3.05, 3.63) is 57.2 Å². The minimum atomic E-state index is -0.340. The zero-order valence-corrected chi connectivity index (χ0v) is 15.6. The van der Waals surface area contributed by atoms with Crippen LogP contribution in [0.4, 0.5) is 0 Å². The van der Waals surface area contributed by atoms with Crippen LogP contribution in [-0.4, -0.2) is 60.2 Å². The number of hydrogen-bond donors (Lipinski definition) is 1. The number of benzene rings is 1. The van der Waals surface area contributed by atoms with Gasteiger partial charge < -0.3 is 15.1 Å². The Hall–Kier alpha value is -2.38. The summed E-state index contributed by atoms with van der Waals surface area (Å²) in [6.07, 6.45) is 0. The summed E-state index contributed by atoms with van der Waals surface area (Å²) in [7, 11) is 0. The molecule has 0 saturated carbocycles. The van der Waals surface area contributed by atoms with Gasteiger partial charge in [-0.3, -0.25) is 14.4 Å². The molecule has 3 rings (SSSR count). The normalized spacial score (nSPS) is 14.2. The van der Waals surface area contributed by atoms with Crippen LogP contribution in [0.5, 0.6) is 0 Å². The third kappa shape index (κ3) is 4.42. The number of thiophene rings is 1. The molecule has 0 bridgehead atoms. The van der Waals surface area contributed by atoms with Crippen LogP contribution in [0.2, 0.25) is 5.02 Å². The van der Waals surface area contributed by atoms with E-state index in [2.05, 4.69) is 5.32 Å². The maximum absolute atomic E-state index is 12.3. The Kier molecular flexibility index (Phi) is 5.90. The molecular formula is C18H18ClN3O3S. The van der Waals surface area contributed by atoms with Crippen molar-refractivity contribution in [2.75, 3.05) is 32.7 Å². The maximum atomic E-state index is 12.3. The van der Waals surface area contributed by atoms with Crippen LogP contribution in [0, 0.1) is 0 Å². The average molecular weight is 392 g/mol. The summed E-state index contributed by atoms with van der Waals surface area (Å²) < 4.78 is 0. The van der Waals surface area contributed by atoms with Gasteiger partial charge in [-0.25, -0.2) is 0 Å². The molecule has 1 fully saturated rings. The van der Waals surface area contributed by atoms with Crippen LogP contribution in [-0.2, 0) is 4.79 Å². The number of nitrogens with one attached hydrogen (secondary N) is 1. The van der Waals surface area contributed by atoms with Crippen molar-refractivity contribution in [3.8, 4) is 0 Å². The lowest BCUT2D eigenvalue weighted by Crippen LogP contribution is -2.52. The van der Waals surface area contributed by atoms with Gasteiger partial charge in [0.05, 0.1) is 11.4 Å². The average Bonchev–Trinajstić information content (AvgIpc) is 3.20. The van der Waals surface area contributed by atoms with Gasteiger partial charge in [-0.2, -0.15) is 0 Å². The van der Waals surface area contributed by atoms with Gasteiger partial charge in [0.15, 0.2) is 0 Å². The van der Waals surface area contributed by atoms with E-state index in [1.165, 1.54) is 11.3 Å². The zero-order valence-electron chi connectivity index (χ0n) is 14.0. The third-order valence-corrected chi connectivity index (χ3v) is 5.23. The van der Waals surface area contributed by atoms with E-state index in [1.807, 2.05) is 11.4 Å². The van der Waals surface area contributed by atoms with Gasteiger partial charge in [-0.15, -0.1) is 11.3 Å². The third-order valence-electron chi connectivity index (χ3n) is 4.14. The first-order valence-electron chi connectivity index (χ1n) is 8.19. The highest BCUT2D eigenvalue weighted by atomic mass is 35.5. The summed E-state index contributed by atoms with van der Waals surface area (Å²) in [5, 5.41) is 4.95. The quantitative estimate of drug-likeness (QED) is 0.867. The Bertz CT molecular complexity index is 802. The number of amides is 3. The van der Waals surface area contributed by atoms with E-state index in [-0.39, 0.29) is 24.3 Å². The predicted molar refractivity (Wildman–Crippen MR) is 101 cm³/mol. The van der Waals surface area contributed by atoms with E-state index in [1.54, 1.807) is 40.1 Å². The number of carbonyl (C=O) groups excluding carboxylic acids is 3. The Morgan fingerprint density at radius 3 is 2.42 bits per heavy atom. The summed E-state index contributed by atoms with van der Waals surface area (Å²) >= 11 is 7.28. The van der Waals surface area contributed by atoms with Gasteiger partial charge in [0.2, 0.25) is 5.91 Å². The molecular weight excluding hydrogens is 374 g/mol. The molecule has 1 saturated heterocycles. The van der Waals surface area contributed by atoms with Crippen molar-refractivity contribution in [1.29, 1.82) is 0 Å². The first-order valence-corrected chi connectivity index (χ1v) is 9.44. The number of piperazine rings is 1. The fourth-order valence-electron chi connectivity index (χ4n) is 2.71. The lowest BCUT2D eigenvalue weighted by Gasteiger charge is -2.34. The topological polar surface area (TPSA) is 69.7 Å². The highest BCUT2D eigenvalue weighted by Gasteiger charge is 2.25. The zero-order chi connectivity index (χ0) is 18.5. The van der Waals surface area contributed by atoms with Crippen molar-refractivity contribution in [2.45, 2.75) is 0 Å². The number of halogens is 1. The molecule has 0 aliphatic carbocycles. The summed E-state index contributed by atoms with van der Waals surface area (Å²) in [4.78, 5) is 40.8. The molecule has 6 nitrogen and oxygen atoms in total. The van der Waals surface area contributed by atoms with Gasteiger partial charge in [0, 0.05) is 36.8 Å². The molecule has 0 radical (unpaired) electrons. The van der Waals surface area contributed by atoms with E-state index in [9.17, 15) is 14.4 Å². The minimum Gasteiger partial charge on any atom is -0.343 e. The SMILES string of the molecule is O=C(NCC(=O)N1CCN(C(=O)c2cccs2)CC1)c1cccc(Cl)c1. The van der Waals surface area contributed by atoms with Crippen molar-refractivity contribution in [2.24, 2.45) is 0 Å². The Morgan fingerprint density at radius 1 is 1.04 bits per heavy atom. The summed E-state index contributed by atoms with van der Waals surface area (Å²) in [5.74, 6) is -0.502. The highest BCUT2D eigenvalue weighted by Crippen LogP contribution is 2.14. The van der Waals surface area contributed by atoms with Crippen LogP contribution in [0.15, 0.2) is 41.8 Å². The van der Waals surface area contributed by atoms with Gasteiger partial charge in [0.25, 0.3) is 11.8 Å². The van der Waals surface area contributed by atoms with Crippen LogP contribution < -0.4 is 5.32 Å². The van der Waals surface area contributed by atoms with E-state index in [0.29, 0.717) is 41.6 Å². The molecule has 2 aromatic rings. The molecule has 8 heteroatoms. The molecule has 136 valence electrons. The largest absolute Gasteiger partial charge is 0.343 e. The summed E-state index contributed by atoms with van der Waals surface area (Å²) in [5.41, 5.74) is 0.414. The van der Waals surface area contributed by atoms with E-state index in [0.717, 1.165) is 0 Å². The lowest BCUT2D eigenvalue weighted by atomic mass is 10.2. The van der Waals surface area contributed by atoms with E-state index in [4.69, 9.17) is 11.6 Å². The molecule has 3 amide bonds. The van der Waals surface area contributed by atoms with Crippen LogP contribution in [0.1, 0.15) is 20.0 Å². The van der Waals surface area contributed by atoms with E-state index >= 15 is 0 Å². The molecule has 2 heterocycles. The molecule has 1 N–H and O–H groups in total. The molecule has 1 aliphatic rings. The van der Waals surface area contributed by atoms with Gasteiger partial charge in [-0.05, 0) is 29.6 Å². The molecule has 1 aliphatic heterocycles. The molecule has 1 aromatic heterocycles. The molecule has 0 unspecified atom stereocenters. The second-order valence-electron chi connectivity index (χ2n) is 5.84. The molecule has 1 aromatic carbocycles. The van der Waals surface area contributed by atoms with Crippen molar-refractivity contribution in [3.63, 3.8) is 0 Å². The maximum Gasteiger partial charge on any atom is 0.264 e. The Balaban J connectivity index is 1.46. The number of hydrogen-bond acceptors (Lipinski definition) is 4. The fourth-order valence-corrected chi connectivity index (χ4v) is 3.60. The Morgan fingerprint density at radius 2 is 1.77 bits per heavy atom. The second kappa shape index (κ2) is 8.33. The first-order chi connectivity index (χ1) is 12.5. The number of rotatable bonds is 4. The summed E-state index contributed by atoms with van der Waals surface area (Å²) in [6, 6.07) is 10.2. The first kappa shape index (κ1) is 18.4. The fraction of sp³-hybridized carbons (Fsp3) is 0.278. The van der Waals surface area contributed by atoms with Gasteiger partial charge >= 0.3 is 0 Å². The van der Waals surface area contributed by atoms with Crippen molar-refractivity contribution < 1.29 is 14.4 Å². The smallest absolute Gasteiger partial charge is 0.264 e. The van der Waals surface area contributed by atoms with Gasteiger partial charge in [0.1, 0.15) is 0 Å². The number of nitrogens with zero attached hydrogens (tertiary/aromatic N) is 2. The second-order valence-corrected chi connectivity index (χ2v) is 7.23. The highest BCUT2D eigenvalue weighted by molar-refractivity contribution is 7.12. The van der Waals surface area contributed by atoms with Crippen molar-refractivity contribution >= 4 is 40.7 Å². The number of carbonyl (C=O) groups is 3. The minimum absolute atomic E-state index is 0.00126. The monoisotopic (exact) mass is 391 g/mol. The summed E-state index contributed by atoms with van der Waals surface area (Å²) in [6.45, 7) is 1.83.